The van der Waals surface area contributed by atoms with E-state index in [9.17, 15) is 0 Å². The van der Waals surface area contributed by atoms with Crippen LogP contribution in [0.4, 0.5) is 11.4 Å². The van der Waals surface area contributed by atoms with Crippen molar-refractivity contribution in [3.05, 3.63) is 59.2 Å². The molecular weight excluding hydrogens is 264 g/mol. The van der Waals surface area contributed by atoms with Crippen LogP contribution in [0.1, 0.15) is 36.5 Å². The lowest BCUT2D eigenvalue weighted by Crippen LogP contribution is -2.12. The van der Waals surface area contributed by atoms with Gasteiger partial charge in [0.25, 0.3) is 0 Å². The molecule has 0 radical (unpaired) electrons. The van der Waals surface area contributed by atoms with Gasteiger partial charge >= 0.3 is 0 Å². The highest BCUT2D eigenvalue weighted by Gasteiger charge is 2.08. The SMILES string of the molecule is Cc1cccc(C(N)=S)c1Nc1cccc(C(C)C)c1. The molecule has 0 unspecified atom stereocenters. The van der Waals surface area contributed by atoms with Crippen molar-refractivity contribution in [2.24, 2.45) is 5.73 Å². The molecule has 0 bridgehead atoms. The summed E-state index contributed by atoms with van der Waals surface area (Å²) in [5, 5.41) is 3.45. The average molecular weight is 284 g/mol. The summed E-state index contributed by atoms with van der Waals surface area (Å²) in [5.74, 6) is 0.503. The van der Waals surface area contributed by atoms with Gasteiger partial charge in [0.2, 0.25) is 0 Å². The quantitative estimate of drug-likeness (QED) is 0.812. The summed E-state index contributed by atoms with van der Waals surface area (Å²) in [6.45, 7) is 6.43. The van der Waals surface area contributed by atoms with Crippen LogP contribution in [0.3, 0.4) is 0 Å². The Kier molecular flexibility index (Phi) is 4.40. The molecule has 2 rings (SSSR count). The molecule has 0 atom stereocenters. The first-order valence-corrected chi connectivity index (χ1v) is 7.16. The predicted molar refractivity (Wildman–Crippen MR) is 90.9 cm³/mol. The van der Waals surface area contributed by atoms with E-state index in [0.717, 1.165) is 22.5 Å². The summed E-state index contributed by atoms with van der Waals surface area (Å²) >= 11 is 5.13. The van der Waals surface area contributed by atoms with Gasteiger partial charge in [-0.2, -0.15) is 0 Å². The Morgan fingerprint density at radius 3 is 2.50 bits per heavy atom. The first-order chi connectivity index (χ1) is 9.49. The van der Waals surface area contributed by atoms with E-state index in [1.54, 1.807) is 0 Å². The van der Waals surface area contributed by atoms with Crippen molar-refractivity contribution in [3.8, 4) is 0 Å². The molecule has 0 saturated carbocycles. The minimum Gasteiger partial charge on any atom is -0.389 e. The zero-order chi connectivity index (χ0) is 14.7. The number of anilines is 2. The van der Waals surface area contributed by atoms with Gasteiger partial charge in [-0.3, -0.25) is 0 Å². The van der Waals surface area contributed by atoms with E-state index < -0.39 is 0 Å². The maximum atomic E-state index is 5.81. The molecular formula is C17H20N2S. The molecule has 2 nitrogen and oxygen atoms in total. The normalized spacial score (nSPS) is 10.6. The fourth-order valence-corrected chi connectivity index (χ4v) is 2.33. The number of thiocarbonyl (C=S) groups is 1. The molecule has 0 saturated heterocycles. The van der Waals surface area contributed by atoms with Crippen LogP contribution in [0.2, 0.25) is 0 Å². The molecule has 0 aliphatic rings. The number of para-hydroxylation sites is 1. The van der Waals surface area contributed by atoms with Gasteiger partial charge < -0.3 is 11.1 Å². The number of aryl methyl sites for hydroxylation is 1. The number of hydrogen-bond acceptors (Lipinski definition) is 2. The maximum absolute atomic E-state index is 5.81. The summed E-state index contributed by atoms with van der Waals surface area (Å²) in [7, 11) is 0. The van der Waals surface area contributed by atoms with Crippen LogP contribution in [0.5, 0.6) is 0 Å². The molecule has 104 valence electrons. The topological polar surface area (TPSA) is 38.0 Å². The van der Waals surface area contributed by atoms with Crippen LogP contribution in [-0.2, 0) is 0 Å². The summed E-state index contributed by atoms with van der Waals surface area (Å²) in [6, 6.07) is 14.4. The molecule has 3 N–H and O–H groups in total. The monoisotopic (exact) mass is 284 g/mol. The molecule has 0 fully saturated rings. The maximum Gasteiger partial charge on any atom is 0.106 e. The molecule has 0 aromatic heterocycles. The van der Waals surface area contributed by atoms with Crippen molar-refractivity contribution in [1.29, 1.82) is 0 Å². The highest BCUT2D eigenvalue weighted by molar-refractivity contribution is 7.80. The summed E-state index contributed by atoms with van der Waals surface area (Å²) < 4.78 is 0. The third-order valence-corrected chi connectivity index (χ3v) is 3.58. The van der Waals surface area contributed by atoms with Gasteiger partial charge in [0.1, 0.15) is 4.99 Å². The van der Waals surface area contributed by atoms with Crippen molar-refractivity contribution >= 4 is 28.6 Å². The van der Waals surface area contributed by atoms with Gasteiger partial charge in [0.05, 0.1) is 5.69 Å². The predicted octanol–water partition coefficient (Wildman–Crippen LogP) is 4.50. The van der Waals surface area contributed by atoms with Crippen molar-refractivity contribution in [1.82, 2.24) is 0 Å². The Balaban J connectivity index is 2.40. The van der Waals surface area contributed by atoms with E-state index in [4.69, 9.17) is 18.0 Å². The van der Waals surface area contributed by atoms with Crippen LogP contribution >= 0.6 is 12.2 Å². The molecule has 2 aromatic rings. The lowest BCUT2D eigenvalue weighted by Gasteiger charge is -2.15. The molecule has 0 spiro atoms. The van der Waals surface area contributed by atoms with E-state index in [2.05, 4.69) is 56.4 Å². The van der Waals surface area contributed by atoms with Crippen molar-refractivity contribution in [2.45, 2.75) is 26.7 Å². The van der Waals surface area contributed by atoms with Crippen LogP contribution < -0.4 is 11.1 Å². The second-order valence-corrected chi connectivity index (χ2v) is 5.71. The van der Waals surface area contributed by atoms with Crippen LogP contribution in [0.15, 0.2) is 42.5 Å². The second kappa shape index (κ2) is 6.06. The first kappa shape index (κ1) is 14.5. The van der Waals surface area contributed by atoms with E-state index in [1.165, 1.54) is 5.56 Å². The fraction of sp³-hybridized carbons (Fsp3) is 0.235. The lowest BCUT2D eigenvalue weighted by atomic mass is 10.0. The van der Waals surface area contributed by atoms with Gasteiger partial charge in [-0.05, 0) is 42.2 Å². The highest BCUT2D eigenvalue weighted by Crippen LogP contribution is 2.26. The number of benzene rings is 2. The summed E-state index contributed by atoms with van der Waals surface area (Å²) in [4.78, 5) is 0.413. The molecule has 0 heterocycles. The summed E-state index contributed by atoms with van der Waals surface area (Å²) in [5.41, 5.74) is 11.2. The molecule has 20 heavy (non-hydrogen) atoms. The Hall–Kier alpha value is -1.87. The van der Waals surface area contributed by atoms with Crippen LogP contribution in [-0.4, -0.2) is 4.99 Å². The van der Waals surface area contributed by atoms with Gasteiger partial charge in [0, 0.05) is 11.3 Å². The summed E-state index contributed by atoms with van der Waals surface area (Å²) in [6.07, 6.45) is 0. The lowest BCUT2D eigenvalue weighted by molar-refractivity contribution is 0.867. The number of rotatable bonds is 4. The minimum absolute atomic E-state index is 0.413. The molecule has 3 heteroatoms. The Morgan fingerprint density at radius 1 is 1.15 bits per heavy atom. The van der Waals surface area contributed by atoms with Gasteiger partial charge in [-0.15, -0.1) is 0 Å². The first-order valence-electron chi connectivity index (χ1n) is 6.75. The zero-order valence-corrected chi connectivity index (χ0v) is 12.9. The van der Waals surface area contributed by atoms with Crippen LogP contribution in [0.25, 0.3) is 0 Å². The Morgan fingerprint density at radius 2 is 1.85 bits per heavy atom. The zero-order valence-electron chi connectivity index (χ0n) is 12.1. The third-order valence-electron chi connectivity index (χ3n) is 3.36. The largest absolute Gasteiger partial charge is 0.389 e. The fourth-order valence-electron chi connectivity index (χ4n) is 2.16. The van der Waals surface area contributed by atoms with E-state index in [-0.39, 0.29) is 0 Å². The van der Waals surface area contributed by atoms with E-state index in [0.29, 0.717) is 10.9 Å². The minimum atomic E-state index is 0.413. The van der Waals surface area contributed by atoms with Crippen molar-refractivity contribution < 1.29 is 0 Å². The number of hydrogen-bond donors (Lipinski definition) is 2. The van der Waals surface area contributed by atoms with Crippen molar-refractivity contribution in [3.63, 3.8) is 0 Å². The number of nitrogens with one attached hydrogen (secondary N) is 1. The second-order valence-electron chi connectivity index (χ2n) is 5.27. The average Bonchev–Trinajstić information content (AvgIpc) is 2.41. The highest BCUT2D eigenvalue weighted by atomic mass is 32.1. The molecule has 0 amide bonds. The molecule has 2 aromatic carbocycles. The number of nitrogens with two attached hydrogens (primary N) is 1. The Labute approximate surface area is 126 Å². The Bertz CT molecular complexity index is 633. The van der Waals surface area contributed by atoms with Crippen molar-refractivity contribution in [2.75, 3.05) is 5.32 Å². The van der Waals surface area contributed by atoms with E-state index >= 15 is 0 Å². The molecule has 0 aliphatic carbocycles. The third kappa shape index (κ3) is 3.17. The van der Waals surface area contributed by atoms with Gasteiger partial charge in [-0.25, -0.2) is 0 Å². The smallest absolute Gasteiger partial charge is 0.106 e. The van der Waals surface area contributed by atoms with Gasteiger partial charge in [-0.1, -0.05) is 50.3 Å². The van der Waals surface area contributed by atoms with Gasteiger partial charge in [0.15, 0.2) is 0 Å². The molecule has 0 aliphatic heterocycles. The van der Waals surface area contributed by atoms with E-state index in [1.807, 2.05) is 12.1 Å². The standard InChI is InChI=1S/C17H20N2S/c1-11(2)13-7-5-8-14(10-13)19-16-12(3)6-4-9-15(16)17(18)20/h4-11,19H,1-3H3,(H2,18,20). The van der Waals surface area contributed by atoms with Crippen LogP contribution in [0, 0.1) is 6.92 Å².